The van der Waals surface area contributed by atoms with Gasteiger partial charge in [-0.3, -0.25) is 0 Å². The monoisotopic (exact) mass is 353 g/mol. The number of unbranched alkanes of at least 4 members (excludes halogenated alkanes) is 3. The van der Waals surface area contributed by atoms with Crippen LogP contribution in [-0.2, 0) is 0 Å². The van der Waals surface area contributed by atoms with Crippen LogP contribution in [0.25, 0.3) is 10.3 Å². The summed E-state index contributed by atoms with van der Waals surface area (Å²) in [5.41, 5.74) is 1.39. The van der Waals surface area contributed by atoms with Gasteiger partial charge in [-0.15, -0.1) is 0 Å². The van der Waals surface area contributed by atoms with Gasteiger partial charge in [0.25, 0.3) is 0 Å². The molecule has 3 aromatic heterocycles. The van der Waals surface area contributed by atoms with Crippen LogP contribution in [0, 0.1) is 11.3 Å². The van der Waals surface area contributed by atoms with E-state index in [0.717, 1.165) is 23.2 Å². The minimum atomic E-state index is -0.551. The zero-order valence-electron chi connectivity index (χ0n) is 14.1. The molecule has 25 heavy (non-hydrogen) atoms. The summed E-state index contributed by atoms with van der Waals surface area (Å²) in [4.78, 5) is 18.2. The second-order valence-corrected chi connectivity index (χ2v) is 6.62. The van der Waals surface area contributed by atoms with E-state index in [2.05, 4.69) is 32.9 Å². The van der Waals surface area contributed by atoms with Gasteiger partial charge in [0.15, 0.2) is 0 Å². The second-order valence-electron chi connectivity index (χ2n) is 5.62. The van der Waals surface area contributed by atoms with Crippen molar-refractivity contribution in [1.82, 2.24) is 19.9 Å². The van der Waals surface area contributed by atoms with Crippen molar-refractivity contribution >= 4 is 21.7 Å². The molecule has 3 aromatic rings. The Hall–Kier alpha value is -2.59. The van der Waals surface area contributed by atoms with Crippen LogP contribution in [0.15, 0.2) is 30.6 Å². The lowest BCUT2D eigenvalue weighted by Crippen LogP contribution is -2.06. The molecule has 6 nitrogen and oxygen atoms in total. The Balaban J connectivity index is 1.75. The van der Waals surface area contributed by atoms with Crippen LogP contribution in [0.2, 0.25) is 0 Å². The first-order valence-corrected chi connectivity index (χ1v) is 9.20. The number of aromatic nitrogens is 4. The molecule has 0 bridgehead atoms. The number of rotatable bonds is 8. The van der Waals surface area contributed by atoms with Gasteiger partial charge < -0.3 is 4.74 Å². The number of hydrogen-bond acceptors (Lipinski definition) is 7. The molecule has 7 heteroatoms. The van der Waals surface area contributed by atoms with Crippen LogP contribution in [0.4, 0.5) is 0 Å². The Kier molecular flexibility index (Phi) is 5.86. The minimum Gasteiger partial charge on any atom is -0.463 e. The summed E-state index contributed by atoms with van der Waals surface area (Å²) in [6, 6.07) is 8.05. The summed E-state index contributed by atoms with van der Waals surface area (Å²) < 4.78 is 5.62. The predicted molar refractivity (Wildman–Crippen MR) is 96.5 cm³/mol. The van der Waals surface area contributed by atoms with E-state index in [1.54, 1.807) is 18.5 Å². The van der Waals surface area contributed by atoms with Gasteiger partial charge in [-0.05, 0) is 24.6 Å². The van der Waals surface area contributed by atoms with Crippen molar-refractivity contribution in [3.63, 3.8) is 0 Å². The molecule has 0 aliphatic rings. The number of pyridine rings is 1. The Morgan fingerprint density at radius 2 is 2.08 bits per heavy atom. The third-order valence-corrected chi connectivity index (χ3v) is 4.78. The molecule has 3 heterocycles. The van der Waals surface area contributed by atoms with E-state index >= 15 is 0 Å². The molecule has 0 saturated carbocycles. The highest BCUT2D eigenvalue weighted by Crippen LogP contribution is 2.29. The Labute approximate surface area is 150 Å². The highest BCUT2D eigenvalue weighted by atomic mass is 32.1. The zero-order chi connectivity index (χ0) is 17.5. The maximum Gasteiger partial charge on any atom is 0.316 e. The van der Waals surface area contributed by atoms with Crippen LogP contribution in [0.5, 0.6) is 6.01 Å². The molecule has 0 amide bonds. The van der Waals surface area contributed by atoms with E-state index in [0.29, 0.717) is 23.3 Å². The zero-order valence-corrected chi connectivity index (χ0v) is 14.9. The number of fused-ring (bicyclic) bond motifs is 1. The molecule has 0 radical (unpaired) electrons. The van der Waals surface area contributed by atoms with Crippen LogP contribution in [-0.4, -0.2) is 26.5 Å². The molecule has 3 rings (SSSR count). The SMILES string of the molecule is CCCCCCOc1nccc(C(C#N)c2nc3cccnc3s2)n1. The largest absolute Gasteiger partial charge is 0.463 e. The topological polar surface area (TPSA) is 84.6 Å². The lowest BCUT2D eigenvalue weighted by Gasteiger charge is -2.08. The Morgan fingerprint density at radius 3 is 2.88 bits per heavy atom. The van der Waals surface area contributed by atoms with Crippen LogP contribution < -0.4 is 4.74 Å². The molecular weight excluding hydrogens is 334 g/mol. The van der Waals surface area contributed by atoms with E-state index in [-0.39, 0.29) is 0 Å². The summed E-state index contributed by atoms with van der Waals surface area (Å²) in [5, 5.41) is 10.3. The van der Waals surface area contributed by atoms with Crippen molar-refractivity contribution in [1.29, 1.82) is 5.26 Å². The van der Waals surface area contributed by atoms with Gasteiger partial charge in [-0.2, -0.15) is 10.2 Å². The lowest BCUT2D eigenvalue weighted by atomic mass is 10.1. The van der Waals surface area contributed by atoms with Gasteiger partial charge in [0, 0.05) is 12.4 Å². The molecule has 0 spiro atoms. The molecule has 128 valence electrons. The van der Waals surface area contributed by atoms with Crippen LogP contribution in [0.1, 0.15) is 49.2 Å². The number of nitrogens with zero attached hydrogens (tertiary/aromatic N) is 5. The molecule has 0 aliphatic heterocycles. The van der Waals surface area contributed by atoms with Crippen molar-refractivity contribution in [2.24, 2.45) is 0 Å². The first kappa shape index (κ1) is 17.2. The van der Waals surface area contributed by atoms with Crippen molar-refractivity contribution in [3.8, 4) is 12.1 Å². The van der Waals surface area contributed by atoms with Gasteiger partial charge in [-0.25, -0.2) is 15.0 Å². The van der Waals surface area contributed by atoms with Crippen LogP contribution >= 0.6 is 11.3 Å². The molecule has 0 aliphatic carbocycles. The summed E-state index contributed by atoms with van der Waals surface area (Å²) in [5.74, 6) is -0.551. The minimum absolute atomic E-state index is 0.313. The number of thiazole rings is 1. The first-order chi connectivity index (χ1) is 12.3. The Bertz CT molecular complexity index is 840. The van der Waals surface area contributed by atoms with Gasteiger partial charge >= 0.3 is 6.01 Å². The maximum absolute atomic E-state index is 9.62. The van der Waals surface area contributed by atoms with E-state index < -0.39 is 5.92 Å². The predicted octanol–water partition coefficient (Wildman–Crippen LogP) is 4.10. The van der Waals surface area contributed by atoms with Gasteiger partial charge in [-0.1, -0.05) is 37.5 Å². The Morgan fingerprint density at radius 1 is 1.16 bits per heavy atom. The molecule has 0 N–H and O–H groups in total. The quantitative estimate of drug-likeness (QED) is 0.567. The summed E-state index contributed by atoms with van der Waals surface area (Å²) in [6.07, 6.45) is 7.85. The lowest BCUT2D eigenvalue weighted by molar-refractivity contribution is 0.280. The fourth-order valence-corrected chi connectivity index (χ4v) is 3.40. The van der Waals surface area contributed by atoms with E-state index in [9.17, 15) is 5.26 Å². The van der Waals surface area contributed by atoms with E-state index in [1.165, 1.54) is 24.2 Å². The smallest absolute Gasteiger partial charge is 0.316 e. The molecule has 0 fully saturated rings. The second kappa shape index (κ2) is 8.49. The highest BCUT2D eigenvalue weighted by molar-refractivity contribution is 7.18. The first-order valence-electron chi connectivity index (χ1n) is 8.38. The fraction of sp³-hybridized carbons (Fsp3) is 0.389. The number of nitriles is 1. The van der Waals surface area contributed by atoms with E-state index in [1.807, 2.05) is 12.1 Å². The van der Waals surface area contributed by atoms with Gasteiger partial charge in [0.05, 0.1) is 18.4 Å². The number of hydrogen-bond donors (Lipinski definition) is 0. The molecule has 0 saturated heterocycles. The third kappa shape index (κ3) is 4.28. The molecular formula is C18H19N5OS. The van der Waals surface area contributed by atoms with Crippen LogP contribution in [0.3, 0.4) is 0 Å². The normalized spacial score (nSPS) is 12.0. The molecule has 1 unspecified atom stereocenters. The average Bonchev–Trinajstić information content (AvgIpc) is 3.06. The third-order valence-electron chi connectivity index (χ3n) is 3.74. The van der Waals surface area contributed by atoms with Gasteiger partial charge in [0.1, 0.15) is 21.3 Å². The molecule has 1 atom stereocenters. The molecule has 0 aromatic carbocycles. The van der Waals surface area contributed by atoms with Gasteiger partial charge in [0.2, 0.25) is 0 Å². The average molecular weight is 353 g/mol. The van der Waals surface area contributed by atoms with Crippen molar-refractivity contribution in [3.05, 3.63) is 41.3 Å². The fourth-order valence-electron chi connectivity index (χ4n) is 2.43. The summed E-state index contributed by atoms with van der Waals surface area (Å²) in [6.45, 7) is 2.76. The summed E-state index contributed by atoms with van der Waals surface area (Å²) in [7, 11) is 0. The highest BCUT2D eigenvalue weighted by Gasteiger charge is 2.20. The van der Waals surface area contributed by atoms with Crippen molar-refractivity contribution in [2.75, 3.05) is 6.61 Å². The van der Waals surface area contributed by atoms with Crippen molar-refractivity contribution in [2.45, 2.75) is 38.5 Å². The number of ether oxygens (including phenoxy) is 1. The standard InChI is InChI=1S/C18H19N5OS/c1-2-3-4-5-11-24-18-21-10-8-14(23-18)13(12-19)16-22-15-7-6-9-20-17(15)25-16/h6-10,13H,2-5,11H2,1H3. The maximum atomic E-state index is 9.62. The van der Waals surface area contributed by atoms with Crippen molar-refractivity contribution < 1.29 is 4.74 Å². The summed E-state index contributed by atoms with van der Waals surface area (Å²) >= 11 is 1.41. The van der Waals surface area contributed by atoms with E-state index in [4.69, 9.17) is 4.74 Å².